The molecule has 0 heterocycles. The molecule has 0 rings (SSSR count). The van der Waals surface area contributed by atoms with Crippen LogP contribution >= 0.6 is 22.6 Å². The average Bonchev–Trinajstić information content (AvgIpc) is 1.91. The molecular weight excluding hydrogens is 237 g/mol. The average molecular weight is 247 g/mol. The number of aliphatic hydroxyl groups excluding tert-OH is 1. The summed E-state index contributed by atoms with van der Waals surface area (Å²) in [5, 5.41) is 15.9. The lowest BCUT2D eigenvalue weighted by molar-refractivity contribution is -0.139. The van der Waals surface area contributed by atoms with Crippen LogP contribution in [0.25, 0.3) is 0 Å². The van der Waals surface area contributed by atoms with Gasteiger partial charge >= 0.3 is 5.97 Å². The van der Waals surface area contributed by atoms with E-state index >= 15 is 0 Å². The third-order valence-corrected chi connectivity index (χ3v) is 0.514. The van der Waals surface area contributed by atoms with Crippen molar-refractivity contribution in [3.8, 4) is 0 Å². The summed E-state index contributed by atoms with van der Waals surface area (Å²) in [6.45, 7) is -0.505. The van der Waals surface area contributed by atoms with Crippen molar-refractivity contribution in [1.29, 1.82) is 0 Å². The molecule has 0 saturated carbocycles. The summed E-state index contributed by atoms with van der Waals surface area (Å²) in [5.41, 5.74) is 4.77. The van der Waals surface area contributed by atoms with Gasteiger partial charge in [0, 0.05) is 0 Å². The quantitative estimate of drug-likeness (QED) is 0.451. The number of carboxylic acids is 1. The van der Waals surface area contributed by atoms with Gasteiger partial charge in [0.1, 0.15) is 6.04 Å². The largest absolute Gasteiger partial charge is 0.480 e. The molecule has 4 nitrogen and oxygen atoms in total. The van der Waals surface area contributed by atoms with Crippen molar-refractivity contribution in [2.75, 3.05) is 11.5 Å². The molecule has 0 bridgehead atoms. The van der Waals surface area contributed by atoms with Crippen LogP contribution in [0.3, 0.4) is 0 Å². The zero-order chi connectivity index (χ0) is 7.86. The highest BCUT2D eigenvalue weighted by Gasteiger charge is 2.06. The number of hydrogen-bond donors (Lipinski definition) is 3. The predicted octanol–water partition coefficient (Wildman–Crippen LogP) is -0.558. The molecule has 0 amide bonds. The predicted molar refractivity (Wildman–Crippen MR) is 42.6 cm³/mol. The molecule has 0 spiro atoms. The molecule has 0 radical (unpaired) electrons. The normalized spacial score (nSPS) is 11.1. The Hall–Kier alpha value is 0.120. The highest BCUT2D eigenvalue weighted by atomic mass is 127. The zero-order valence-corrected chi connectivity index (χ0v) is 7.20. The van der Waals surface area contributed by atoms with Crippen LogP contribution in [0, 0.1) is 0 Å². The number of carbonyl (C=O) groups is 1. The van der Waals surface area contributed by atoms with Crippen LogP contribution in [0.2, 0.25) is 0 Å². The number of rotatable bonds is 2. The number of carboxylic acid groups (broad SMARTS) is 1. The number of alkyl halides is 1. The van der Waals surface area contributed by atoms with E-state index in [1.165, 1.54) is 0 Å². The van der Waals surface area contributed by atoms with E-state index in [1.54, 1.807) is 0 Å². The third-order valence-electron chi connectivity index (χ3n) is 0.514. The van der Waals surface area contributed by atoms with Gasteiger partial charge in [0.15, 0.2) is 0 Å². The molecule has 0 aliphatic carbocycles. The SMILES string of the molecule is CI.NC(CO)C(=O)O. The number of aliphatic hydroxyl groups is 1. The monoisotopic (exact) mass is 247 g/mol. The Bertz CT molecular complexity index is 78.2. The van der Waals surface area contributed by atoms with Crippen molar-refractivity contribution in [2.45, 2.75) is 6.04 Å². The summed E-state index contributed by atoms with van der Waals surface area (Å²) in [4.78, 5) is 11.6. The van der Waals surface area contributed by atoms with Crippen molar-refractivity contribution in [3.05, 3.63) is 0 Å². The van der Waals surface area contributed by atoms with Gasteiger partial charge in [-0.2, -0.15) is 0 Å². The number of nitrogens with two attached hydrogens (primary N) is 1. The molecule has 4 N–H and O–H groups in total. The number of aliphatic carboxylic acids is 1. The second-order valence-corrected chi connectivity index (χ2v) is 1.13. The Kier molecular flexibility index (Phi) is 10.7. The topological polar surface area (TPSA) is 83.5 Å². The maximum atomic E-state index is 9.65. The molecule has 0 saturated heterocycles. The van der Waals surface area contributed by atoms with Gasteiger partial charge in [-0.1, -0.05) is 22.6 Å². The van der Waals surface area contributed by atoms with Crippen LogP contribution in [-0.2, 0) is 4.79 Å². The van der Waals surface area contributed by atoms with E-state index in [2.05, 4.69) is 22.6 Å². The minimum atomic E-state index is -1.18. The fourth-order valence-electron chi connectivity index (χ4n) is 0.0781. The Morgan fingerprint density at radius 3 is 2.11 bits per heavy atom. The van der Waals surface area contributed by atoms with Crippen molar-refractivity contribution in [2.24, 2.45) is 5.73 Å². The van der Waals surface area contributed by atoms with Crippen LogP contribution in [0.15, 0.2) is 0 Å². The lowest BCUT2D eigenvalue weighted by atomic mass is 10.3. The highest BCUT2D eigenvalue weighted by molar-refractivity contribution is 14.1. The summed E-state index contributed by atoms with van der Waals surface area (Å²) in [5.74, 6) is -1.18. The molecule has 0 fully saturated rings. The van der Waals surface area contributed by atoms with Gasteiger partial charge in [0.25, 0.3) is 0 Å². The second-order valence-electron chi connectivity index (χ2n) is 1.13. The zero-order valence-electron chi connectivity index (χ0n) is 5.04. The van der Waals surface area contributed by atoms with E-state index in [-0.39, 0.29) is 0 Å². The van der Waals surface area contributed by atoms with Crippen LogP contribution in [-0.4, -0.2) is 33.8 Å². The fraction of sp³-hybridized carbons (Fsp3) is 0.750. The second kappa shape index (κ2) is 8.12. The van der Waals surface area contributed by atoms with E-state index < -0.39 is 18.6 Å². The smallest absolute Gasteiger partial charge is 0.322 e. The third kappa shape index (κ3) is 8.12. The lowest BCUT2D eigenvalue weighted by Crippen LogP contribution is -2.33. The van der Waals surface area contributed by atoms with Gasteiger partial charge in [0.2, 0.25) is 0 Å². The van der Waals surface area contributed by atoms with E-state index in [9.17, 15) is 4.79 Å². The molecule has 0 aromatic heterocycles. The maximum Gasteiger partial charge on any atom is 0.322 e. The first-order chi connectivity index (χ1) is 4.18. The standard InChI is InChI=1S/C3H7NO3.CH3I/c4-2(1-5)3(6)7;1-2/h2,5H,1,4H2,(H,6,7);1H3. The first-order valence-electron chi connectivity index (χ1n) is 2.15. The van der Waals surface area contributed by atoms with Crippen LogP contribution in [0.5, 0.6) is 0 Å². The highest BCUT2D eigenvalue weighted by Crippen LogP contribution is 1.71. The first kappa shape index (κ1) is 11.9. The molecule has 56 valence electrons. The van der Waals surface area contributed by atoms with Crippen molar-refractivity contribution < 1.29 is 15.0 Å². The van der Waals surface area contributed by atoms with Gasteiger partial charge in [-0.25, -0.2) is 0 Å². The van der Waals surface area contributed by atoms with Gasteiger partial charge in [0.05, 0.1) is 6.61 Å². The minimum absolute atomic E-state index is 0.505. The molecule has 5 heteroatoms. The van der Waals surface area contributed by atoms with Crippen molar-refractivity contribution in [3.63, 3.8) is 0 Å². The molecule has 0 aliphatic heterocycles. The first-order valence-corrected chi connectivity index (χ1v) is 4.31. The van der Waals surface area contributed by atoms with Gasteiger partial charge in [-0.3, -0.25) is 4.79 Å². The molecule has 9 heavy (non-hydrogen) atoms. The summed E-state index contributed by atoms with van der Waals surface area (Å²) in [6.07, 6.45) is 0. The summed E-state index contributed by atoms with van der Waals surface area (Å²) in [7, 11) is 0. The molecule has 1 atom stereocenters. The Balaban J connectivity index is 0. The Morgan fingerprint density at radius 1 is 1.78 bits per heavy atom. The summed E-state index contributed by atoms with van der Waals surface area (Å²) >= 11 is 2.15. The minimum Gasteiger partial charge on any atom is -0.480 e. The molecule has 0 aromatic carbocycles. The summed E-state index contributed by atoms with van der Waals surface area (Å²) < 4.78 is 0. The van der Waals surface area contributed by atoms with Crippen LogP contribution < -0.4 is 5.73 Å². The van der Waals surface area contributed by atoms with Crippen LogP contribution in [0.1, 0.15) is 0 Å². The summed E-state index contributed by atoms with van der Waals surface area (Å²) in [6, 6.07) is -1.13. The number of halogens is 1. The van der Waals surface area contributed by atoms with E-state index in [0.29, 0.717) is 0 Å². The maximum absolute atomic E-state index is 9.65. The van der Waals surface area contributed by atoms with E-state index in [4.69, 9.17) is 15.9 Å². The van der Waals surface area contributed by atoms with Crippen LogP contribution in [0.4, 0.5) is 0 Å². The molecule has 1 unspecified atom stereocenters. The van der Waals surface area contributed by atoms with Gasteiger partial charge in [-0.05, 0) is 4.93 Å². The van der Waals surface area contributed by atoms with E-state index in [1.807, 2.05) is 4.93 Å². The molecule has 0 aromatic rings. The Labute approximate surface area is 67.2 Å². The van der Waals surface area contributed by atoms with Gasteiger partial charge in [-0.15, -0.1) is 0 Å². The van der Waals surface area contributed by atoms with Crippen molar-refractivity contribution in [1.82, 2.24) is 0 Å². The van der Waals surface area contributed by atoms with E-state index in [0.717, 1.165) is 0 Å². The molecular formula is C4H10INO3. The fourth-order valence-corrected chi connectivity index (χ4v) is 0.0781. The van der Waals surface area contributed by atoms with Crippen molar-refractivity contribution >= 4 is 28.6 Å². The molecule has 0 aliphatic rings. The number of hydrogen-bond acceptors (Lipinski definition) is 3. The van der Waals surface area contributed by atoms with Gasteiger partial charge < -0.3 is 15.9 Å². The Morgan fingerprint density at radius 2 is 2.11 bits per heavy atom. The lowest BCUT2D eigenvalue weighted by Gasteiger charge is -1.96.